The number of unbranched alkanes of at least 4 members (excludes halogenated alkanes) is 3. The van der Waals surface area contributed by atoms with E-state index < -0.39 is 17.8 Å². The molecule has 9 nitrogen and oxygen atoms in total. The SMILES string of the molecule is COCCCCCCOC1CCC(C2CCCCN2c2ccc(C(=O)NNC(=O)c3ccc(C(=O)OC)cc3)cc2)CC1. The van der Waals surface area contributed by atoms with E-state index >= 15 is 0 Å². The molecule has 0 spiro atoms. The van der Waals surface area contributed by atoms with Crippen molar-refractivity contribution in [1.29, 1.82) is 0 Å². The third-order valence-electron chi connectivity index (χ3n) is 8.73. The van der Waals surface area contributed by atoms with E-state index in [-0.39, 0.29) is 0 Å². The van der Waals surface area contributed by atoms with Crippen LogP contribution in [0.3, 0.4) is 0 Å². The summed E-state index contributed by atoms with van der Waals surface area (Å²) >= 11 is 0. The zero-order chi connectivity index (χ0) is 30.4. The Bertz CT molecular complexity index is 1160. The summed E-state index contributed by atoms with van der Waals surface area (Å²) in [5.41, 5.74) is 7.18. The van der Waals surface area contributed by atoms with Crippen molar-refractivity contribution in [2.45, 2.75) is 82.8 Å². The van der Waals surface area contributed by atoms with E-state index in [1.165, 1.54) is 76.3 Å². The van der Waals surface area contributed by atoms with Gasteiger partial charge in [0.25, 0.3) is 11.8 Å². The van der Waals surface area contributed by atoms with E-state index in [1.54, 1.807) is 7.11 Å². The molecule has 1 saturated carbocycles. The van der Waals surface area contributed by atoms with Crippen LogP contribution in [0.15, 0.2) is 48.5 Å². The number of methoxy groups -OCH3 is 2. The van der Waals surface area contributed by atoms with Crippen molar-refractivity contribution in [2.24, 2.45) is 5.92 Å². The van der Waals surface area contributed by atoms with Crippen molar-refractivity contribution in [3.8, 4) is 0 Å². The summed E-state index contributed by atoms with van der Waals surface area (Å²) < 4.78 is 16.0. The lowest BCUT2D eigenvalue weighted by Crippen LogP contribution is -2.46. The Hall–Kier alpha value is -3.43. The van der Waals surface area contributed by atoms with Gasteiger partial charge < -0.3 is 19.1 Å². The molecule has 0 aromatic heterocycles. The Morgan fingerprint density at radius 2 is 1.30 bits per heavy atom. The number of carbonyl (C=O) groups is 3. The first-order chi connectivity index (χ1) is 21.0. The number of esters is 1. The molecule has 2 aliphatic rings. The number of carbonyl (C=O) groups excluding carboxylic acids is 3. The molecular weight excluding hydrogens is 546 g/mol. The van der Waals surface area contributed by atoms with Crippen LogP contribution in [0.4, 0.5) is 5.69 Å². The fraction of sp³-hybridized carbons (Fsp3) is 0.559. The standard InChI is InChI=1S/C34H47N3O6/c1-41-23-7-3-4-8-24-43-30-20-16-25(17-21-30)31-9-5-6-22-37(31)29-18-14-27(15-19-29)33(39)36-35-32(38)26-10-12-28(13-11-26)34(40)42-2/h10-15,18-19,25,30-31H,3-9,16-17,20-24H2,1-2H3,(H,35,38)(H,36,39). The van der Waals surface area contributed by atoms with E-state index in [9.17, 15) is 14.4 Å². The molecule has 2 aromatic carbocycles. The van der Waals surface area contributed by atoms with Crippen LogP contribution >= 0.6 is 0 Å². The molecule has 1 atom stereocenters. The van der Waals surface area contributed by atoms with Crippen molar-refractivity contribution < 1.29 is 28.6 Å². The number of ether oxygens (including phenoxy) is 3. The predicted octanol–water partition coefficient (Wildman–Crippen LogP) is 5.69. The Balaban J connectivity index is 1.23. The number of benzene rings is 2. The monoisotopic (exact) mass is 593 g/mol. The highest BCUT2D eigenvalue weighted by Gasteiger charge is 2.33. The Morgan fingerprint density at radius 1 is 0.721 bits per heavy atom. The molecule has 1 aliphatic heterocycles. The fourth-order valence-corrected chi connectivity index (χ4v) is 6.30. The van der Waals surface area contributed by atoms with Gasteiger partial charge in [0.15, 0.2) is 0 Å². The number of nitrogens with zero attached hydrogens (tertiary/aromatic N) is 1. The van der Waals surface area contributed by atoms with Gasteiger partial charge in [-0.25, -0.2) is 4.79 Å². The van der Waals surface area contributed by atoms with E-state index in [2.05, 4.69) is 20.5 Å². The highest BCUT2D eigenvalue weighted by atomic mass is 16.5. The van der Waals surface area contributed by atoms with Crippen molar-refractivity contribution in [3.05, 3.63) is 65.2 Å². The minimum atomic E-state index is -0.479. The van der Waals surface area contributed by atoms with E-state index in [4.69, 9.17) is 9.47 Å². The minimum Gasteiger partial charge on any atom is -0.465 e. The average Bonchev–Trinajstić information content (AvgIpc) is 3.06. The summed E-state index contributed by atoms with van der Waals surface area (Å²) in [7, 11) is 3.06. The zero-order valence-corrected chi connectivity index (χ0v) is 25.6. The fourth-order valence-electron chi connectivity index (χ4n) is 6.30. The van der Waals surface area contributed by atoms with Crippen molar-refractivity contribution >= 4 is 23.5 Å². The summed E-state index contributed by atoms with van der Waals surface area (Å²) in [5, 5.41) is 0. The number of nitrogens with one attached hydrogen (secondary N) is 2. The summed E-state index contributed by atoms with van der Waals surface area (Å²) in [6, 6.07) is 14.2. The normalized spacial score (nSPS) is 20.3. The molecule has 1 unspecified atom stereocenters. The van der Waals surface area contributed by atoms with Gasteiger partial charge in [-0.1, -0.05) is 12.8 Å². The number of amides is 2. The number of rotatable bonds is 13. The Labute approximate surface area is 255 Å². The highest BCUT2D eigenvalue weighted by molar-refractivity contribution is 5.99. The van der Waals surface area contributed by atoms with E-state index in [0.717, 1.165) is 51.1 Å². The number of piperidine rings is 1. The molecule has 2 amide bonds. The second kappa shape index (κ2) is 17.0. The van der Waals surface area contributed by atoms with Crippen LogP contribution in [0.25, 0.3) is 0 Å². The maximum Gasteiger partial charge on any atom is 0.337 e. The second-order valence-electron chi connectivity index (χ2n) is 11.6. The minimum absolute atomic E-state index is 0.314. The van der Waals surface area contributed by atoms with Crippen molar-refractivity contribution in [3.63, 3.8) is 0 Å². The van der Waals surface area contributed by atoms with Gasteiger partial charge in [0, 0.05) is 49.7 Å². The van der Waals surface area contributed by atoms with Crippen molar-refractivity contribution in [2.75, 3.05) is 38.9 Å². The molecule has 1 saturated heterocycles. The molecule has 4 rings (SSSR count). The molecule has 2 N–H and O–H groups in total. The first kappa shape index (κ1) is 32.5. The number of hydrazine groups is 1. The Morgan fingerprint density at radius 3 is 1.91 bits per heavy atom. The molecule has 0 radical (unpaired) electrons. The molecule has 1 heterocycles. The zero-order valence-electron chi connectivity index (χ0n) is 25.6. The summed E-state index contributed by atoms with van der Waals surface area (Å²) in [6.45, 7) is 2.74. The van der Waals surface area contributed by atoms with Crippen LogP contribution in [-0.2, 0) is 14.2 Å². The molecule has 0 bridgehead atoms. The predicted molar refractivity (Wildman–Crippen MR) is 166 cm³/mol. The average molecular weight is 594 g/mol. The molecule has 2 aromatic rings. The number of anilines is 1. The van der Waals surface area contributed by atoms with Crippen LogP contribution in [0.1, 0.15) is 102 Å². The number of hydrogen-bond donors (Lipinski definition) is 2. The molecule has 43 heavy (non-hydrogen) atoms. The lowest BCUT2D eigenvalue weighted by Gasteiger charge is -2.44. The maximum atomic E-state index is 12.7. The molecule has 9 heteroatoms. The van der Waals surface area contributed by atoms with Gasteiger partial charge in [0.05, 0.1) is 18.8 Å². The summed E-state index contributed by atoms with van der Waals surface area (Å²) in [4.78, 5) is 39.3. The second-order valence-corrected chi connectivity index (χ2v) is 11.6. The number of hydrogen-bond acceptors (Lipinski definition) is 7. The Kier molecular flexibility index (Phi) is 12.9. The van der Waals surface area contributed by atoms with Crippen LogP contribution in [-0.4, -0.2) is 63.9 Å². The van der Waals surface area contributed by atoms with Gasteiger partial charge in [0.1, 0.15) is 0 Å². The van der Waals surface area contributed by atoms with Gasteiger partial charge in [-0.15, -0.1) is 0 Å². The van der Waals surface area contributed by atoms with Crippen LogP contribution < -0.4 is 15.8 Å². The first-order valence-corrected chi connectivity index (χ1v) is 15.8. The van der Waals surface area contributed by atoms with Gasteiger partial charge in [-0.05, 0) is 112 Å². The molecule has 234 valence electrons. The largest absolute Gasteiger partial charge is 0.465 e. The third kappa shape index (κ3) is 9.53. The van der Waals surface area contributed by atoms with Gasteiger partial charge >= 0.3 is 5.97 Å². The third-order valence-corrected chi connectivity index (χ3v) is 8.73. The highest BCUT2D eigenvalue weighted by Crippen LogP contribution is 2.37. The molecule has 1 aliphatic carbocycles. The van der Waals surface area contributed by atoms with Crippen LogP contribution in [0.2, 0.25) is 0 Å². The van der Waals surface area contributed by atoms with Crippen molar-refractivity contribution in [1.82, 2.24) is 10.9 Å². The van der Waals surface area contributed by atoms with Gasteiger partial charge in [-0.3, -0.25) is 20.4 Å². The van der Waals surface area contributed by atoms with E-state index in [1.807, 2.05) is 24.3 Å². The molecular formula is C34H47N3O6. The summed E-state index contributed by atoms with van der Waals surface area (Å²) in [6.07, 6.45) is 13.4. The summed E-state index contributed by atoms with van der Waals surface area (Å²) in [5.74, 6) is -0.688. The molecule has 2 fully saturated rings. The topological polar surface area (TPSA) is 106 Å². The van der Waals surface area contributed by atoms with Crippen LogP contribution in [0, 0.1) is 5.92 Å². The lowest BCUT2D eigenvalue weighted by molar-refractivity contribution is 0.0122. The van der Waals surface area contributed by atoms with Crippen LogP contribution in [0.5, 0.6) is 0 Å². The smallest absolute Gasteiger partial charge is 0.337 e. The first-order valence-electron chi connectivity index (χ1n) is 15.8. The van der Waals surface area contributed by atoms with E-state index in [0.29, 0.717) is 34.8 Å². The van der Waals surface area contributed by atoms with Gasteiger partial charge in [0.2, 0.25) is 0 Å². The lowest BCUT2D eigenvalue weighted by atomic mass is 9.78. The maximum absolute atomic E-state index is 12.7. The van der Waals surface area contributed by atoms with Gasteiger partial charge in [-0.2, -0.15) is 0 Å². The quantitative estimate of drug-likeness (QED) is 0.175.